The highest BCUT2D eigenvalue weighted by molar-refractivity contribution is 6.30. The number of rotatable bonds is 9. The maximum Gasteiger partial charge on any atom is 0.412 e. The normalized spacial score (nSPS) is 11.9. The van der Waals surface area contributed by atoms with Gasteiger partial charge in [-0.3, -0.25) is 15.7 Å². The number of carbonyl (C=O) groups excluding carboxylic acids is 2. The molecule has 1 unspecified atom stereocenters. The Hall–Kier alpha value is -5.76. The molecule has 1 atom stereocenters. The first-order valence-electron chi connectivity index (χ1n) is 14.2. The van der Waals surface area contributed by atoms with Crippen LogP contribution in [0.15, 0.2) is 77.3 Å². The fourth-order valence-corrected chi connectivity index (χ4v) is 4.47. The summed E-state index contributed by atoms with van der Waals surface area (Å²) in [5.74, 6) is -1.70. The average molecular weight is 662 g/mol. The molecule has 3 aromatic carbocycles. The molecule has 13 nitrogen and oxygen atoms in total. The third-order valence-electron chi connectivity index (χ3n) is 6.49. The number of carbonyl (C=O) groups is 3. The van der Waals surface area contributed by atoms with Crippen LogP contribution in [0.25, 0.3) is 34.1 Å². The summed E-state index contributed by atoms with van der Waals surface area (Å²) in [4.78, 5) is 40.8. The number of aromatic amines is 1. The van der Waals surface area contributed by atoms with Gasteiger partial charge in [0.1, 0.15) is 23.3 Å². The summed E-state index contributed by atoms with van der Waals surface area (Å²) < 4.78 is 25.7. The van der Waals surface area contributed by atoms with Crippen molar-refractivity contribution in [3.8, 4) is 34.1 Å². The third-order valence-corrected chi connectivity index (χ3v) is 6.74. The standard InChI is InChI=1S/C32H29ClFN7O6/c1-32(2,3)46-31(45)35-21-11-7-19(8-12-21)28-38-27(41-47-28)22-13-4-17(14-23(22)34)15-25(29(42)43)36-30(44)37-26-16-24(39-40-26)18-5-9-20(33)10-6-18/h4-14,16,25H,15H2,1-3H3,(H,35,45)(H,42,43)(H3,36,37,39,40,44). The van der Waals surface area contributed by atoms with Crippen molar-refractivity contribution in [3.63, 3.8) is 0 Å². The lowest BCUT2D eigenvalue weighted by atomic mass is 10.0. The number of carboxylic acid groups (broad SMARTS) is 1. The van der Waals surface area contributed by atoms with Gasteiger partial charge < -0.3 is 19.7 Å². The fourth-order valence-electron chi connectivity index (χ4n) is 4.34. The summed E-state index contributed by atoms with van der Waals surface area (Å²) in [5.41, 5.74) is 2.01. The van der Waals surface area contributed by atoms with E-state index in [2.05, 4.69) is 36.3 Å². The maximum absolute atomic E-state index is 15.2. The Labute approximate surface area is 272 Å². The fraction of sp³-hybridized carbons (Fsp3) is 0.188. The number of carboxylic acids is 1. The van der Waals surface area contributed by atoms with Gasteiger partial charge in [-0.05, 0) is 74.9 Å². The average Bonchev–Trinajstić information content (AvgIpc) is 3.67. The molecule has 5 rings (SSSR count). The zero-order valence-electron chi connectivity index (χ0n) is 25.3. The molecule has 242 valence electrons. The van der Waals surface area contributed by atoms with E-state index in [0.29, 0.717) is 27.5 Å². The number of aromatic nitrogens is 4. The number of anilines is 2. The molecule has 0 radical (unpaired) electrons. The first-order valence-corrected chi connectivity index (χ1v) is 14.6. The highest BCUT2D eigenvalue weighted by atomic mass is 35.5. The van der Waals surface area contributed by atoms with E-state index in [1.165, 1.54) is 12.1 Å². The summed E-state index contributed by atoms with van der Waals surface area (Å²) in [5, 5.41) is 28.5. The zero-order chi connectivity index (χ0) is 33.7. The number of benzene rings is 3. The molecule has 0 aliphatic rings. The SMILES string of the molecule is CC(C)(C)OC(=O)Nc1ccc(-c2nc(-c3ccc(CC(NC(=O)Nc4cc(-c5ccc(Cl)cc5)n[nH]4)C(=O)O)cc3F)no2)cc1. The van der Waals surface area contributed by atoms with Crippen molar-refractivity contribution in [1.82, 2.24) is 25.7 Å². The van der Waals surface area contributed by atoms with E-state index in [0.717, 1.165) is 11.6 Å². The molecule has 2 aromatic heterocycles. The number of hydrogen-bond donors (Lipinski definition) is 5. The molecule has 0 spiro atoms. The molecule has 15 heteroatoms. The van der Waals surface area contributed by atoms with Crippen LogP contribution in [-0.2, 0) is 16.0 Å². The first kappa shape index (κ1) is 32.6. The van der Waals surface area contributed by atoms with Gasteiger partial charge >= 0.3 is 18.1 Å². The molecule has 0 aliphatic carbocycles. The van der Waals surface area contributed by atoms with Crippen LogP contribution in [0.2, 0.25) is 5.02 Å². The zero-order valence-corrected chi connectivity index (χ0v) is 26.1. The van der Waals surface area contributed by atoms with E-state index in [1.54, 1.807) is 75.4 Å². The van der Waals surface area contributed by atoms with Crippen molar-refractivity contribution in [2.75, 3.05) is 10.6 Å². The smallest absolute Gasteiger partial charge is 0.412 e. The lowest BCUT2D eigenvalue weighted by Gasteiger charge is -2.19. The van der Waals surface area contributed by atoms with E-state index >= 15 is 4.39 Å². The van der Waals surface area contributed by atoms with Crippen LogP contribution in [0.3, 0.4) is 0 Å². The number of halogens is 2. The van der Waals surface area contributed by atoms with Crippen molar-refractivity contribution in [2.45, 2.75) is 38.8 Å². The van der Waals surface area contributed by atoms with Gasteiger partial charge in [0.05, 0.1) is 11.3 Å². The molecule has 0 aliphatic heterocycles. The molecule has 0 bridgehead atoms. The number of amides is 3. The van der Waals surface area contributed by atoms with Gasteiger partial charge in [-0.15, -0.1) is 0 Å². The maximum atomic E-state index is 15.2. The molecule has 0 fully saturated rings. The van der Waals surface area contributed by atoms with Crippen LogP contribution in [0, 0.1) is 5.82 Å². The van der Waals surface area contributed by atoms with Crippen LogP contribution in [0.1, 0.15) is 26.3 Å². The van der Waals surface area contributed by atoms with Gasteiger partial charge in [-0.1, -0.05) is 35.0 Å². The predicted molar refractivity (Wildman–Crippen MR) is 171 cm³/mol. The Morgan fingerprint density at radius 3 is 2.36 bits per heavy atom. The van der Waals surface area contributed by atoms with Gasteiger partial charge in [-0.25, -0.2) is 18.8 Å². The number of nitrogens with one attached hydrogen (secondary N) is 4. The monoisotopic (exact) mass is 661 g/mol. The summed E-state index contributed by atoms with van der Waals surface area (Å²) >= 11 is 5.91. The van der Waals surface area contributed by atoms with Crippen molar-refractivity contribution in [2.24, 2.45) is 0 Å². The molecule has 2 heterocycles. The minimum absolute atomic E-state index is 0.0233. The topological polar surface area (TPSA) is 184 Å². The third kappa shape index (κ3) is 8.70. The summed E-state index contributed by atoms with van der Waals surface area (Å²) in [6.45, 7) is 5.27. The molecular weight excluding hydrogens is 633 g/mol. The lowest BCUT2D eigenvalue weighted by Crippen LogP contribution is -2.44. The van der Waals surface area contributed by atoms with E-state index in [9.17, 15) is 19.5 Å². The minimum Gasteiger partial charge on any atom is -0.480 e. The minimum atomic E-state index is -1.37. The molecule has 5 aromatic rings. The van der Waals surface area contributed by atoms with Gasteiger partial charge in [0.2, 0.25) is 5.82 Å². The van der Waals surface area contributed by atoms with E-state index in [4.69, 9.17) is 20.9 Å². The van der Waals surface area contributed by atoms with E-state index in [1.807, 2.05) is 0 Å². The highest BCUT2D eigenvalue weighted by Crippen LogP contribution is 2.27. The molecule has 3 amide bonds. The Morgan fingerprint density at radius 2 is 1.70 bits per heavy atom. The van der Waals surface area contributed by atoms with Crippen LogP contribution in [0.4, 0.5) is 25.5 Å². The number of H-pyrrole nitrogens is 1. The second-order valence-corrected chi connectivity index (χ2v) is 11.7. The molecular formula is C32H29ClFN7O6. The first-order chi connectivity index (χ1) is 22.3. The second-order valence-electron chi connectivity index (χ2n) is 11.3. The number of urea groups is 1. The Morgan fingerprint density at radius 1 is 1.00 bits per heavy atom. The molecule has 0 saturated carbocycles. The van der Waals surface area contributed by atoms with Crippen LogP contribution in [-0.4, -0.2) is 55.2 Å². The van der Waals surface area contributed by atoms with Gasteiger partial charge in [0.25, 0.3) is 5.89 Å². The van der Waals surface area contributed by atoms with Crippen molar-refractivity contribution in [3.05, 3.63) is 89.2 Å². The number of ether oxygens (including phenoxy) is 1. The molecule has 5 N–H and O–H groups in total. The van der Waals surface area contributed by atoms with Crippen molar-refractivity contribution < 1.29 is 33.1 Å². The second kappa shape index (κ2) is 13.7. The van der Waals surface area contributed by atoms with Crippen molar-refractivity contribution in [1.29, 1.82) is 0 Å². The van der Waals surface area contributed by atoms with Crippen molar-refractivity contribution >= 4 is 41.2 Å². The summed E-state index contributed by atoms with van der Waals surface area (Å²) in [6.07, 6.45) is -0.809. The van der Waals surface area contributed by atoms with Crippen LogP contribution in [0.5, 0.6) is 0 Å². The quantitative estimate of drug-likeness (QED) is 0.114. The largest absolute Gasteiger partial charge is 0.480 e. The Balaban J connectivity index is 1.20. The summed E-state index contributed by atoms with van der Waals surface area (Å²) in [6, 6.07) is 16.9. The molecule has 47 heavy (non-hydrogen) atoms. The Bertz CT molecular complexity index is 1900. The molecule has 0 saturated heterocycles. The van der Waals surface area contributed by atoms with Gasteiger partial charge in [0.15, 0.2) is 0 Å². The van der Waals surface area contributed by atoms with E-state index in [-0.39, 0.29) is 29.5 Å². The lowest BCUT2D eigenvalue weighted by molar-refractivity contribution is -0.139. The van der Waals surface area contributed by atoms with E-state index < -0.39 is 35.6 Å². The van der Waals surface area contributed by atoms with Gasteiger partial charge in [-0.2, -0.15) is 10.1 Å². The number of nitrogens with zero attached hydrogens (tertiary/aromatic N) is 3. The predicted octanol–water partition coefficient (Wildman–Crippen LogP) is 6.75. The Kier molecular flexibility index (Phi) is 9.51. The highest BCUT2D eigenvalue weighted by Gasteiger charge is 2.23. The number of aliphatic carboxylic acids is 1. The van der Waals surface area contributed by atoms with Gasteiger partial charge in [0, 0.05) is 34.3 Å². The van der Waals surface area contributed by atoms with Crippen LogP contribution >= 0.6 is 11.6 Å². The van der Waals surface area contributed by atoms with Crippen LogP contribution < -0.4 is 16.0 Å². The summed E-state index contributed by atoms with van der Waals surface area (Å²) in [7, 11) is 0. The number of hydrogen-bond acceptors (Lipinski definition) is 8.